The molecule has 3 nitrogen and oxygen atoms in total. The summed E-state index contributed by atoms with van der Waals surface area (Å²) in [5.74, 6) is 1.00. The summed E-state index contributed by atoms with van der Waals surface area (Å²) in [6.45, 7) is 8.45. The Bertz CT molecular complexity index is 1060. The zero-order chi connectivity index (χ0) is 22.5. The lowest BCUT2D eigenvalue weighted by molar-refractivity contribution is 0.261. The Morgan fingerprint density at radius 1 is 0.743 bits per heavy atom. The Balaban J connectivity index is 0.00000171. The third-order valence-corrected chi connectivity index (χ3v) is 7.20. The van der Waals surface area contributed by atoms with Crippen molar-refractivity contribution in [2.24, 2.45) is 0 Å². The number of halogens is 2. The van der Waals surface area contributed by atoms with E-state index in [2.05, 4.69) is 83.5 Å². The van der Waals surface area contributed by atoms with Crippen molar-refractivity contribution in [1.82, 2.24) is 4.90 Å². The first kappa shape index (κ1) is 27.4. The number of piperazine rings is 1. The summed E-state index contributed by atoms with van der Waals surface area (Å²) in [6, 6.07) is 24.5. The van der Waals surface area contributed by atoms with E-state index in [1.54, 1.807) is 0 Å². The standard InChI is InChI=1S/C30H36N2O.2ClH/c1-24-5-4-8-29(21-24)32-19-17-31(18-20-32)16-15-25-9-11-26(12-10-25)23-33-30-14-13-27-6-2-3-7-28(27)22-30;;/h4-5,8-14,21-22H,2-3,6-7,15-20,23H2,1H3;2*1H. The molecule has 1 heterocycles. The number of fused-ring (bicyclic) bond motifs is 1. The predicted octanol–water partition coefficient (Wildman–Crippen LogP) is 6.66. The van der Waals surface area contributed by atoms with Crippen molar-refractivity contribution in [3.63, 3.8) is 0 Å². The average molecular weight is 514 g/mol. The van der Waals surface area contributed by atoms with Crippen LogP contribution < -0.4 is 9.64 Å². The molecule has 0 bridgehead atoms. The number of ether oxygens (including phenoxy) is 1. The van der Waals surface area contributed by atoms with Crippen LogP contribution >= 0.6 is 24.8 Å². The monoisotopic (exact) mass is 512 g/mol. The van der Waals surface area contributed by atoms with Crippen molar-refractivity contribution in [1.29, 1.82) is 0 Å². The van der Waals surface area contributed by atoms with E-state index in [0.29, 0.717) is 6.61 Å². The summed E-state index contributed by atoms with van der Waals surface area (Å²) in [4.78, 5) is 5.11. The third kappa shape index (κ3) is 7.39. The molecule has 3 aromatic carbocycles. The molecule has 2 aliphatic rings. The quantitative estimate of drug-likeness (QED) is 0.351. The van der Waals surface area contributed by atoms with E-state index in [4.69, 9.17) is 4.74 Å². The van der Waals surface area contributed by atoms with Crippen LogP contribution in [0.1, 0.15) is 40.7 Å². The molecule has 1 aliphatic heterocycles. The number of rotatable bonds is 7. The molecule has 188 valence electrons. The van der Waals surface area contributed by atoms with Crippen LogP contribution in [0.25, 0.3) is 0 Å². The Kier molecular flexibility index (Phi) is 10.3. The van der Waals surface area contributed by atoms with E-state index in [-0.39, 0.29) is 24.8 Å². The van der Waals surface area contributed by atoms with Crippen LogP contribution in [0.15, 0.2) is 66.7 Å². The maximum Gasteiger partial charge on any atom is 0.120 e. The van der Waals surface area contributed by atoms with Crippen molar-refractivity contribution in [2.75, 3.05) is 37.6 Å². The van der Waals surface area contributed by atoms with E-state index in [0.717, 1.165) is 44.9 Å². The first-order valence-corrected chi connectivity index (χ1v) is 12.6. The van der Waals surface area contributed by atoms with Crippen LogP contribution in [-0.4, -0.2) is 37.6 Å². The molecule has 0 aromatic heterocycles. The normalized spacial score (nSPS) is 15.5. The van der Waals surface area contributed by atoms with Crippen molar-refractivity contribution < 1.29 is 4.74 Å². The van der Waals surface area contributed by atoms with E-state index in [9.17, 15) is 0 Å². The molecule has 0 N–H and O–H groups in total. The summed E-state index contributed by atoms with van der Waals surface area (Å²) in [5.41, 5.74) is 8.34. The zero-order valence-electron chi connectivity index (χ0n) is 20.7. The lowest BCUT2D eigenvalue weighted by Crippen LogP contribution is -2.47. The number of hydrogen-bond donors (Lipinski definition) is 0. The molecule has 35 heavy (non-hydrogen) atoms. The van der Waals surface area contributed by atoms with Crippen LogP contribution in [-0.2, 0) is 25.9 Å². The molecular weight excluding hydrogens is 475 g/mol. The van der Waals surface area contributed by atoms with Crippen LogP contribution in [0.2, 0.25) is 0 Å². The topological polar surface area (TPSA) is 15.7 Å². The molecule has 1 fully saturated rings. The van der Waals surface area contributed by atoms with Gasteiger partial charge in [-0.05, 0) is 91.1 Å². The van der Waals surface area contributed by atoms with Crippen molar-refractivity contribution >= 4 is 30.5 Å². The molecule has 0 amide bonds. The highest BCUT2D eigenvalue weighted by Gasteiger charge is 2.17. The van der Waals surface area contributed by atoms with E-state index in [1.165, 1.54) is 59.2 Å². The molecule has 0 saturated carbocycles. The molecule has 5 heteroatoms. The van der Waals surface area contributed by atoms with Crippen molar-refractivity contribution in [3.8, 4) is 5.75 Å². The lowest BCUT2D eigenvalue weighted by Gasteiger charge is -2.36. The van der Waals surface area contributed by atoms with Crippen molar-refractivity contribution in [2.45, 2.75) is 45.6 Å². The first-order chi connectivity index (χ1) is 16.2. The Morgan fingerprint density at radius 3 is 2.20 bits per heavy atom. The minimum atomic E-state index is 0. The van der Waals surface area contributed by atoms with Gasteiger partial charge in [-0.1, -0.05) is 42.5 Å². The molecule has 0 spiro atoms. The van der Waals surface area contributed by atoms with Gasteiger partial charge < -0.3 is 9.64 Å². The van der Waals surface area contributed by atoms with E-state index >= 15 is 0 Å². The van der Waals surface area contributed by atoms with Gasteiger partial charge in [-0.15, -0.1) is 24.8 Å². The van der Waals surface area contributed by atoms with Gasteiger partial charge in [0, 0.05) is 38.4 Å². The molecule has 3 aromatic rings. The SMILES string of the molecule is Cc1cccc(N2CCN(CCc3ccc(COc4ccc5c(c4)CCCC5)cc3)CC2)c1.Cl.Cl. The number of benzene rings is 3. The van der Waals surface area contributed by atoms with Crippen LogP contribution in [0.5, 0.6) is 5.75 Å². The second-order valence-corrected chi connectivity index (χ2v) is 9.66. The van der Waals surface area contributed by atoms with Gasteiger partial charge in [0.25, 0.3) is 0 Å². The second-order valence-electron chi connectivity index (χ2n) is 9.66. The van der Waals surface area contributed by atoms with Gasteiger partial charge in [-0.25, -0.2) is 0 Å². The summed E-state index contributed by atoms with van der Waals surface area (Å²) in [5, 5.41) is 0. The van der Waals surface area contributed by atoms with Gasteiger partial charge in [0.05, 0.1) is 0 Å². The molecule has 5 rings (SSSR count). The average Bonchev–Trinajstić information content (AvgIpc) is 2.87. The second kappa shape index (κ2) is 13.2. The summed E-state index contributed by atoms with van der Waals surface area (Å²) < 4.78 is 6.09. The summed E-state index contributed by atoms with van der Waals surface area (Å²) in [6.07, 6.45) is 6.15. The van der Waals surface area contributed by atoms with Crippen LogP contribution in [0.3, 0.4) is 0 Å². The largest absolute Gasteiger partial charge is 0.489 e. The lowest BCUT2D eigenvalue weighted by atomic mass is 9.92. The maximum absolute atomic E-state index is 6.09. The fourth-order valence-electron chi connectivity index (χ4n) is 5.11. The Labute approximate surface area is 223 Å². The van der Waals surface area contributed by atoms with Gasteiger partial charge in [0.2, 0.25) is 0 Å². The fraction of sp³-hybridized carbons (Fsp3) is 0.400. The third-order valence-electron chi connectivity index (χ3n) is 7.20. The highest BCUT2D eigenvalue weighted by atomic mass is 35.5. The van der Waals surface area contributed by atoms with Gasteiger partial charge in [0.15, 0.2) is 0 Å². The van der Waals surface area contributed by atoms with E-state index in [1.807, 2.05) is 0 Å². The molecule has 1 saturated heterocycles. The number of aryl methyl sites for hydroxylation is 3. The van der Waals surface area contributed by atoms with E-state index < -0.39 is 0 Å². The number of hydrogen-bond acceptors (Lipinski definition) is 3. The number of anilines is 1. The van der Waals surface area contributed by atoms with Crippen LogP contribution in [0, 0.1) is 6.92 Å². The van der Waals surface area contributed by atoms with Crippen molar-refractivity contribution in [3.05, 3.63) is 94.5 Å². The van der Waals surface area contributed by atoms with Gasteiger partial charge in [0.1, 0.15) is 12.4 Å². The highest BCUT2D eigenvalue weighted by molar-refractivity contribution is 5.85. The molecule has 1 aliphatic carbocycles. The van der Waals surface area contributed by atoms with Gasteiger partial charge >= 0.3 is 0 Å². The Morgan fingerprint density at radius 2 is 1.46 bits per heavy atom. The fourth-order valence-corrected chi connectivity index (χ4v) is 5.11. The summed E-state index contributed by atoms with van der Waals surface area (Å²) >= 11 is 0. The maximum atomic E-state index is 6.09. The van der Waals surface area contributed by atoms with Gasteiger partial charge in [-0.3, -0.25) is 4.90 Å². The molecule has 0 radical (unpaired) electrons. The van der Waals surface area contributed by atoms with Crippen LogP contribution in [0.4, 0.5) is 5.69 Å². The first-order valence-electron chi connectivity index (χ1n) is 12.6. The summed E-state index contributed by atoms with van der Waals surface area (Å²) in [7, 11) is 0. The molecular formula is C30H38Cl2N2O. The minimum Gasteiger partial charge on any atom is -0.489 e. The zero-order valence-corrected chi connectivity index (χ0v) is 22.4. The smallest absolute Gasteiger partial charge is 0.120 e. The molecule has 0 unspecified atom stereocenters. The highest BCUT2D eigenvalue weighted by Crippen LogP contribution is 2.26. The Hall–Kier alpha value is -2.20. The van der Waals surface area contributed by atoms with Gasteiger partial charge in [-0.2, -0.15) is 0 Å². The predicted molar refractivity (Wildman–Crippen MR) is 152 cm³/mol. The molecule has 0 atom stereocenters. The number of nitrogens with zero attached hydrogens (tertiary/aromatic N) is 2. The minimum absolute atomic E-state index is 0.